The van der Waals surface area contributed by atoms with E-state index in [1.807, 2.05) is 0 Å². The third-order valence-corrected chi connectivity index (χ3v) is 3.70. The van der Waals surface area contributed by atoms with Crippen LogP contribution in [-0.2, 0) is 0 Å². The zero-order valence-electron chi connectivity index (χ0n) is 13.6. The van der Waals surface area contributed by atoms with Gasteiger partial charge in [-0.25, -0.2) is 0 Å². The van der Waals surface area contributed by atoms with Gasteiger partial charge in [-0.2, -0.15) is 0 Å². The maximum absolute atomic E-state index is 4.12. The Morgan fingerprint density at radius 2 is 1.53 bits per heavy atom. The topological polar surface area (TPSA) is 12.0 Å². The molecule has 0 aromatic rings. The molecule has 1 heteroatoms. The van der Waals surface area contributed by atoms with Crippen molar-refractivity contribution >= 4 is 0 Å². The fourth-order valence-corrected chi connectivity index (χ4v) is 2.06. The van der Waals surface area contributed by atoms with Crippen LogP contribution in [0.25, 0.3) is 0 Å². The maximum Gasteiger partial charge on any atom is 0.0143 e. The number of unbranched alkanes of at least 4 members (excludes halogenated alkanes) is 5. The normalized spacial score (nSPS) is 10.7. The van der Waals surface area contributed by atoms with E-state index in [4.69, 9.17) is 0 Å². The summed E-state index contributed by atoms with van der Waals surface area (Å²) in [6.07, 6.45) is 11.4. The minimum atomic E-state index is 0.640. The molecule has 0 bridgehead atoms. The Morgan fingerprint density at radius 3 is 2.16 bits per heavy atom. The highest BCUT2D eigenvalue weighted by molar-refractivity contribution is 4.96. The second-order valence-corrected chi connectivity index (χ2v) is 5.96. The lowest BCUT2D eigenvalue weighted by Gasteiger charge is -2.11. The second-order valence-electron chi connectivity index (χ2n) is 5.96. The van der Waals surface area contributed by atoms with Crippen LogP contribution in [0.5, 0.6) is 0 Å². The van der Waals surface area contributed by atoms with Crippen LogP contribution < -0.4 is 5.32 Å². The van der Waals surface area contributed by atoms with Gasteiger partial charge in [-0.05, 0) is 38.0 Å². The molecule has 1 nitrogen and oxygen atoms in total. The van der Waals surface area contributed by atoms with E-state index < -0.39 is 0 Å². The summed E-state index contributed by atoms with van der Waals surface area (Å²) in [5, 5.41) is 3.45. The van der Waals surface area contributed by atoms with Crippen LogP contribution in [0.4, 0.5) is 0 Å². The summed E-state index contributed by atoms with van der Waals surface area (Å²) < 4.78 is 0. The summed E-state index contributed by atoms with van der Waals surface area (Å²) >= 11 is 0. The van der Waals surface area contributed by atoms with E-state index in [0.717, 1.165) is 13.0 Å². The van der Waals surface area contributed by atoms with Gasteiger partial charge in [0.05, 0.1) is 0 Å². The summed E-state index contributed by atoms with van der Waals surface area (Å²) in [6.45, 7) is 16.0. The van der Waals surface area contributed by atoms with Crippen LogP contribution in [0.1, 0.15) is 78.6 Å². The number of nitrogens with one attached hydrogen (secondary N) is 1. The van der Waals surface area contributed by atoms with Crippen molar-refractivity contribution in [2.45, 2.75) is 78.6 Å². The van der Waals surface area contributed by atoms with Gasteiger partial charge in [0.15, 0.2) is 0 Å². The molecular weight excluding hydrogens is 230 g/mol. The van der Waals surface area contributed by atoms with Crippen LogP contribution in [0, 0.1) is 5.92 Å². The molecule has 0 saturated heterocycles. The molecule has 0 spiro atoms. The number of hydrogen-bond donors (Lipinski definition) is 1. The summed E-state index contributed by atoms with van der Waals surface area (Å²) in [5.41, 5.74) is 2.62. The Hall–Kier alpha value is -0.720. The van der Waals surface area contributed by atoms with Crippen molar-refractivity contribution in [3.8, 4) is 0 Å². The molecule has 0 atom stereocenters. The van der Waals surface area contributed by atoms with E-state index in [9.17, 15) is 0 Å². The Kier molecular flexibility index (Phi) is 11.9. The molecule has 0 heterocycles. The summed E-state index contributed by atoms with van der Waals surface area (Å²) in [5.74, 6) is 0.640. The maximum atomic E-state index is 4.12. The van der Waals surface area contributed by atoms with Crippen molar-refractivity contribution in [3.05, 3.63) is 24.4 Å². The summed E-state index contributed by atoms with van der Waals surface area (Å²) in [4.78, 5) is 0. The molecule has 0 aromatic heterocycles. The lowest BCUT2D eigenvalue weighted by Crippen LogP contribution is -2.13. The van der Waals surface area contributed by atoms with E-state index in [1.165, 1.54) is 62.6 Å². The molecule has 0 radical (unpaired) electrons. The van der Waals surface area contributed by atoms with Gasteiger partial charge < -0.3 is 5.32 Å². The van der Waals surface area contributed by atoms with Gasteiger partial charge in [0.1, 0.15) is 0 Å². The van der Waals surface area contributed by atoms with Crippen LogP contribution in [0.15, 0.2) is 24.4 Å². The van der Waals surface area contributed by atoms with Gasteiger partial charge in [0.2, 0.25) is 0 Å². The zero-order chi connectivity index (χ0) is 14.5. The lowest BCUT2D eigenvalue weighted by atomic mass is 9.99. The Bertz CT molecular complexity index is 240. The van der Waals surface area contributed by atoms with Gasteiger partial charge in [0.25, 0.3) is 0 Å². The molecule has 0 saturated carbocycles. The van der Waals surface area contributed by atoms with Crippen molar-refractivity contribution in [2.24, 2.45) is 5.92 Å². The third kappa shape index (κ3) is 12.1. The Labute approximate surface area is 121 Å². The monoisotopic (exact) mass is 265 g/mol. The average Bonchev–Trinajstić information content (AvgIpc) is 2.38. The number of hydrogen-bond acceptors (Lipinski definition) is 1. The fraction of sp³-hybridized carbons (Fsp3) is 0.778. The molecule has 0 aliphatic rings. The lowest BCUT2D eigenvalue weighted by molar-refractivity contribution is 0.596. The molecule has 0 aliphatic carbocycles. The highest BCUT2D eigenvalue weighted by Crippen LogP contribution is 2.15. The molecule has 0 aliphatic heterocycles. The summed E-state index contributed by atoms with van der Waals surface area (Å²) in [6, 6.07) is 0. The van der Waals surface area contributed by atoms with Crippen LogP contribution in [0.2, 0.25) is 0 Å². The molecule has 1 N–H and O–H groups in total. The molecule has 0 amide bonds. The Morgan fingerprint density at radius 1 is 0.895 bits per heavy atom. The first-order valence-electron chi connectivity index (χ1n) is 8.17. The molecule has 19 heavy (non-hydrogen) atoms. The Balaban J connectivity index is 3.29. The van der Waals surface area contributed by atoms with Crippen molar-refractivity contribution < 1.29 is 0 Å². The first kappa shape index (κ1) is 18.3. The van der Waals surface area contributed by atoms with Gasteiger partial charge in [-0.3, -0.25) is 0 Å². The molecule has 112 valence electrons. The van der Waals surface area contributed by atoms with E-state index in [1.54, 1.807) is 0 Å². The van der Waals surface area contributed by atoms with E-state index in [0.29, 0.717) is 5.92 Å². The highest BCUT2D eigenvalue weighted by Gasteiger charge is 1.99. The van der Waals surface area contributed by atoms with E-state index in [-0.39, 0.29) is 0 Å². The van der Waals surface area contributed by atoms with Crippen molar-refractivity contribution in [1.29, 1.82) is 0 Å². The highest BCUT2D eigenvalue weighted by atomic mass is 14.9. The van der Waals surface area contributed by atoms with E-state index >= 15 is 0 Å². The predicted molar refractivity (Wildman–Crippen MR) is 88.3 cm³/mol. The molecular formula is C18H35N. The fourth-order valence-electron chi connectivity index (χ4n) is 2.06. The first-order valence-corrected chi connectivity index (χ1v) is 8.17. The van der Waals surface area contributed by atoms with Crippen molar-refractivity contribution in [2.75, 3.05) is 6.54 Å². The molecule has 0 fully saturated rings. The van der Waals surface area contributed by atoms with E-state index in [2.05, 4.69) is 39.2 Å². The SMILES string of the molecule is C=C(CCCCCC)NCCCCCC(=C)C(C)C. The standard InChI is InChI=1S/C18H35N/c1-6-7-8-11-14-18(5)19-15-12-9-10-13-17(4)16(2)3/h16,19H,4-15H2,1-3H3. The zero-order valence-corrected chi connectivity index (χ0v) is 13.6. The summed E-state index contributed by atoms with van der Waals surface area (Å²) in [7, 11) is 0. The molecule has 0 rings (SSSR count). The quantitative estimate of drug-likeness (QED) is 0.326. The van der Waals surface area contributed by atoms with Crippen LogP contribution in [-0.4, -0.2) is 6.54 Å². The molecule has 0 unspecified atom stereocenters. The number of allylic oxidation sites excluding steroid dienone is 2. The van der Waals surface area contributed by atoms with Gasteiger partial charge >= 0.3 is 0 Å². The average molecular weight is 265 g/mol. The van der Waals surface area contributed by atoms with Crippen molar-refractivity contribution in [1.82, 2.24) is 5.32 Å². The minimum Gasteiger partial charge on any atom is -0.389 e. The van der Waals surface area contributed by atoms with Crippen LogP contribution >= 0.6 is 0 Å². The number of rotatable bonds is 13. The van der Waals surface area contributed by atoms with Gasteiger partial charge in [0, 0.05) is 12.2 Å². The minimum absolute atomic E-state index is 0.640. The second kappa shape index (κ2) is 12.3. The predicted octanol–water partition coefficient (Wildman–Crippen LogP) is 5.83. The van der Waals surface area contributed by atoms with Crippen LogP contribution in [0.3, 0.4) is 0 Å². The largest absolute Gasteiger partial charge is 0.389 e. The molecule has 0 aromatic carbocycles. The first-order chi connectivity index (χ1) is 9.07. The van der Waals surface area contributed by atoms with Crippen molar-refractivity contribution in [3.63, 3.8) is 0 Å². The third-order valence-electron chi connectivity index (χ3n) is 3.70. The van der Waals surface area contributed by atoms with Gasteiger partial charge in [-0.15, -0.1) is 0 Å². The van der Waals surface area contributed by atoms with Gasteiger partial charge in [-0.1, -0.05) is 65.2 Å². The smallest absolute Gasteiger partial charge is 0.0143 e.